The van der Waals surface area contributed by atoms with E-state index in [0.717, 1.165) is 19.3 Å². The third-order valence-corrected chi connectivity index (χ3v) is 6.84. The molecular formula is C13H20N4O3S2. The van der Waals surface area contributed by atoms with E-state index in [2.05, 4.69) is 10.3 Å². The molecule has 1 amide bonds. The number of hydrogen-bond acceptors (Lipinski definition) is 5. The van der Waals surface area contributed by atoms with Crippen molar-refractivity contribution in [2.45, 2.75) is 38.1 Å². The molecule has 2 saturated heterocycles. The number of nitrogens with zero attached hydrogens (tertiary/aromatic N) is 3. The highest BCUT2D eigenvalue weighted by atomic mass is 32.2. The molecule has 1 N–H and O–H groups in total. The monoisotopic (exact) mass is 344 g/mol. The molecule has 3 rings (SSSR count). The Morgan fingerprint density at radius 3 is 2.68 bits per heavy atom. The second-order valence-corrected chi connectivity index (χ2v) is 8.34. The maximum Gasteiger partial charge on any atom is 0.282 e. The van der Waals surface area contributed by atoms with Crippen LogP contribution in [0.3, 0.4) is 0 Å². The number of nitrogens with one attached hydrogen (secondary N) is 1. The van der Waals surface area contributed by atoms with Gasteiger partial charge in [0.25, 0.3) is 10.2 Å². The summed E-state index contributed by atoms with van der Waals surface area (Å²) in [5.41, 5.74) is 0. The zero-order chi connectivity index (χ0) is 15.6. The average Bonchev–Trinajstić information content (AvgIpc) is 3.19. The fourth-order valence-electron chi connectivity index (χ4n) is 3.00. The van der Waals surface area contributed by atoms with E-state index < -0.39 is 16.3 Å². The van der Waals surface area contributed by atoms with Crippen LogP contribution in [0, 0.1) is 0 Å². The van der Waals surface area contributed by atoms with Crippen molar-refractivity contribution in [1.29, 1.82) is 0 Å². The normalized spacial score (nSPS) is 24.5. The zero-order valence-electron chi connectivity index (χ0n) is 12.3. The molecule has 1 aromatic heterocycles. The third kappa shape index (κ3) is 3.17. The Kier molecular flexibility index (Phi) is 4.76. The van der Waals surface area contributed by atoms with Crippen LogP contribution in [-0.2, 0) is 15.0 Å². The van der Waals surface area contributed by atoms with E-state index in [1.54, 1.807) is 11.6 Å². The molecule has 2 fully saturated rings. The van der Waals surface area contributed by atoms with Crippen molar-refractivity contribution in [3.8, 4) is 0 Å². The van der Waals surface area contributed by atoms with Gasteiger partial charge in [0.05, 0.1) is 0 Å². The number of aromatic nitrogens is 1. The molecule has 2 aliphatic rings. The fourth-order valence-corrected chi connectivity index (χ4v) is 5.43. The fraction of sp³-hybridized carbons (Fsp3) is 0.692. The average molecular weight is 344 g/mol. The standard InChI is InChI=1S/C13H20N4O3S2/c18-12(15-13-14-6-10-21-13)11-5-4-9-17(11)22(19,20)16-7-2-1-3-8-16/h6,10-11H,1-5,7-9H2,(H,14,15,18)/t11-/m0/s1. The van der Waals surface area contributed by atoms with E-state index in [4.69, 9.17) is 0 Å². The van der Waals surface area contributed by atoms with Crippen LogP contribution in [0.5, 0.6) is 0 Å². The minimum absolute atomic E-state index is 0.284. The van der Waals surface area contributed by atoms with E-state index in [1.807, 2.05) is 0 Å². The first-order chi connectivity index (χ1) is 10.6. The Bertz CT molecular complexity index is 611. The quantitative estimate of drug-likeness (QED) is 0.892. The number of thiazole rings is 1. The second kappa shape index (κ2) is 6.61. The first-order valence-corrected chi connectivity index (χ1v) is 9.84. The highest BCUT2D eigenvalue weighted by Crippen LogP contribution is 2.26. The van der Waals surface area contributed by atoms with Crippen LogP contribution in [0.4, 0.5) is 5.13 Å². The molecule has 9 heteroatoms. The Balaban J connectivity index is 1.73. The van der Waals surface area contributed by atoms with Gasteiger partial charge in [-0.05, 0) is 25.7 Å². The van der Waals surface area contributed by atoms with Crippen molar-refractivity contribution in [2.24, 2.45) is 0 Å². The Labute approximate surface area is 134 Å². The van der Waals surface area contributed by atoms with Crippen molar-refractivity contribution >= 4 is 32.6 Å². The van der Waals surface area contributed by atoms with E-state index in [-0.39, 0.29) is 5.91 Å². The summed E-state index contributed by atoms with van der Waals surface area (Å²) in [6, 6.07) is -0.629. The molecule has 2 aliphatic heterocycles. The lowest BCUT2D eigenvalue weighted by Gasteiger charge is -2.32. The largest absolute Gasteiger partial charge is 0.301 e. The van der Waals surface area contributed by atoms with Crippen LogP contribution in [-0.4, -0.2) is 53.6 Å². The predicted molar refractivity (Wildman–Crippen MR) is 84.8 cm³/mol. The molecule has 0 aliphatic carbocycles. The van der Waals surface area contributed by atoms with Crippen LogP contribution in [0.2, 0.25) is 0 Å². The van der Waals surface area contributed by atoms with Crippen molar-refractivity contribution in [3.63, 3.8) is 0 Å². The number of rotatable bonds is 4. The number of anilines is 1. The molecule has 0 unspecified atom stereocenters. The highest BCUT2D eigenvalue weighted by molar-refractivity contribution is 7.86. The summed E-state index contributed by atoms with van der Waals surface area (Å²) in [4.78, 5) is 16.4. The Morgan fingerprint density at radius 2 is 2.00 bits per heavy atom. The molecule has 3 heterocycles. The smallest absolute Gasteiger partial charge is 0.282 e. The predicted octanol–water partition coefficient (Wildman–Crippen LogP) is 1.28. The maximum absolute atomic E-state index is 12.8. The second-order valence-electron chi connectivity index (χ2n) is 5.56. The van der Waals surface area contributed by atoms with Crippen LogP contribution >= 0.6 is 11.3 Å². The van der Waals surface area contributed by atoms with Gasteiger partial charge in [-0.3, -0.25) is 4.79 Å². The van der Waals surface area contributed by atoms with Gasteiger partial charge in [-0.25, -0.2) is 4.98 Å². The lowest BCUT2D eigenvalue weighted by atomic mass is 10.2. The number of amides is 1. The summed E-state index contributed by atoms with van der Waals surface area (Å²) < 4.78 is 28.4. The number of carbonyl (C=O) groups is 1. The van der Waals surface area contributed by atoms with E-state index in [1.165, 1.54) is 19.9 Å². The van der Waals surface area contributed by atoms with Crippen LogP contribution in [0.1, 0.15) is 32.1 Å². The van der Waals surface area contributed by atoms with Crippen LogP contribution in [0.15, 0.2) is 11.6 Å². The SMILES string of the molecule is O=C(Nc1nccs1)[C@@H]1CCCN1S(=O)(=O)N1CCCCC1. The van der Waals surface area contributed by atoms with Gasteiger partial charge < -0.3 is 5.32 Å². The lowest BCUT2D eigenvalue weighted by Crippen LogP contribution is -2.50. The molecule has 0 aromatic carbocycles. The summed E-state index contributed by atoms with van der Waals surface area (Å²) in [6.07, 6.45) is 5.73. The number of carbonyl (C=O) groups excluding carboxylic acids is 1. The molecule has 0 saturated carbocycles. The summed E-state index contributed by atoms with van der Waals surface area (Å²) in [7, 11) is -3.55. The lowest BCUT2D eigenvalue weighted by molar-refractivity contribution is -0.119. The van der Waals surface area contributed by atoms with Crippen LogP contribution < -0.4 is 5.32 Å². The summed E-state index contributed by atoms with van der Waals surface area (Å²) in [5, 5.41) is 4.99. The first kappa shape index (κ1) is 15.9. The summed E-state index contributed by atoms with van der Waals surface area (Å²) >= 11 is 1.33. The molecule has 0 bridgehead atoms. The van der Waals surface area contributed by atoms with Gasteiger partial charge in [0, 0.05) is 31.2 Å². The summed E-state index contributed by atoms with van der Waals surface area (Å²) in [6.45, 7) is 1.52. The molecule has 22 heavy (non-hydrogen) atoms. The minimum Gasteiger partial charge on any atom is -0.301 e. The molecule has 7 nitrogen and oxygen atoms in total. The van der Waals surface area contributed by atoms with E-state index in [0.29, 0.717) is 37.6 Å². The number of piperidine rings is 1. The van der Waals surface area contributed by atoms with Gasteiger partial charge in [-0.2, -0.15) is 17.0 Å². The highest BCUT2D eigenvalue weighted by Gasteiger charge is 2.41. The van der Waals surface area contributed by atoms with E-state index in [9.17, 15) is 13.2 Å². The van der Waals surface area contributed by atoms with Crippen molar-refractivity contribution < 1.29 is 13.2 Å². The molecule has 0 radical (unpaired) electrons. The Hall–Kier alpha value is -1.03. The zero-order valence-corrected chi connectivity index (χ0v) is 13.9. The van der Waals surface area contributed by atoms with Crippen molar-refractivity contribution in [3.05, 3.63) is 11.6 Å². The van der Waals surface area contributed by atoms with Gasteiger partial charge in [-0.1, -0.05) is 6.42 Å². The Morgan fingerprint density at radius 1 is 1.23 bits per heavy atom. The van der Waals surface area contributed by atoms with Gasteiger partial charge >= 0.3 is 0 Å². The third-order valence-electron chi connectivity index (χ3n) is 4.11. The van der Waals surface area contributed by atoms with Gasteiger partial charge in [0.15, 0.2) is 5.13 Å². The minimum atomic E-state index is -3.55. The summed E-state index contributed by atoms with van der Waals surface area (Å²) in [5.74, 6) is -0.284. The van der Waals surface area contributed by atoms with Crippen LogP contribution in [0.25, 0.3) is 0 Å². The maximum atomic E-state index is 12.8. The van der Waals surface area contributed by atoms with Crippen molar-refractivity contribution in [2.75, 3.05) is 25.0 Å². The molecule has 0 spiro atoms. The van der Waals surface area contributed by atoms with Crippen molar-refractivity contribution in [1.82, 2.24) is 13.6 Å². The van der Waals surface area contributed by atoms with Gasteiger partial charge in [0.1, 0.15) is 6.04 Å². The topological polar surface area (TPSA) is 82.6 Å². The first-order valence-electron chi connectivity index (χ1n) is 7.56. The van der Waals surface area contributed by atoms with E-state index >= 15 is 0 Å². The molecule has 1 aromatic rings. The van der Waals surface area contributed by atoms with Gasteiger partial charge in [-0.15, -0.1) is 11.3 Å². The molecular weight excluding hydrogens is 324 g/mol. The van der Waals surface area contributed by atoms with Gasteiger partial charge in [0.2, 0.25) is 5.91 Å². The molecule has 122 valence electrons. The number of hydrogen-bond donors (Lipinski definition) is 1. The molecule has 1 atom stereocenters.